The number of ether oxygens (including phenoxy) is 1. The molecule has 0 heterocycles. The van der Waals surface area contributed by atoms with Gasteiger partial charge in [0.25, 0.3) is 0 Å². The Morgan fingerprint density at radius 2 is 1.87 bits per heavy atom. The van der Waals surface area contributed by atoms with E-state index in [0.717, 1.165) is 5.56 Å². The van der Waals surface area contributed by atoms with E-state index in [1.807, 2.05) is 12.2 Å². The summed E-state index contributed by atoms with van der Waals surface area (Å²) in [6.07, 6.45) is 6.18. The van der Waals surface area contributed by atoms with Gasteiger partial charge in [0.1, 0.15) is 11.6 Å². The molecule has 0 amide bonds. The lowest BCUT2D eigenvalue weighted by molar-refractivity contribution is -0.150. The summed E-state index contributed by atoms with van der Waals surface area (Å²) in [4.78, 5) is 24.1. The highest BCUT2D eigenvalue weighted by atomic mass is 19.1. The van der Waals surface area contributed by atoms with Gasteiger partial charge in [-0.05, 0) is 42.9 Å². The van der Waals surface area contributed by atoms with Crippen molar-refractivity contribution < 1.29 is 18.7 Å². The SMILES string of the molecule is C=C[C@H]1C[C@@H](/C=C/c2ccc(F)cc2)[C@@H](C(=O)OC)[C@H]1C(C)=O. The molecule has 4 heteroatoms. The molecule has 1 aromatic carbocycles. The largest absolute Gasteiger partial charge is 0.469 e. The van der Waals surface area contributed by atoms with Gasteiger partial charge in [-0.15, -0.1) is 6.58 Å². The van der Waals surface area contributed by atoms with Crippen molar-refractivity contribution in [3.8, 4) is 0 Å². The van der Waals surface area contributed by atoms with E-state index < -0.39 is 11.8 Å². The summed E-state index contributed by atoms with van der Waals surface area (Å²) in [6.45, 7) is 5.29. The summed E-state index contributed by atoms with van der Waals surface area (Å²) in [6, 6.07) is 6.11. The van der Waals surface area contributed by atoms with Crippen LogP contribution in [0.3, 0.4) is 0 Å². The molecule has 23 heavy (non-hydrogen) atoms. The first-order chi connectivity index (χ1) is 11.0. The van der Waals surface area contributed by atoms with E-state index in [0.29, 0.717) is 6.42 Å². The van der Waals surface area contributed by atoms with Crippen LogP contribution in [-0.4, -0.2) is 18.9 Å². The molecule has 0 radical (unpaired) electrons. The molecule has 2 rings (SSSR count). The maximum atomic E-state index is 12.9. The van der Waals surface area contributed by atoms with Crippen LogP contribution >= 0.6 is 0 Å². The maximum Gasteiger partial charge on any atom is 0.310 e. The van der Waals surface area contributed by atoms with E-state index in [-0.39, 0.29) is 29.4 Å². The molecular formula is C19H21FO3. The van der Waals surface area contributed by atoms with E-state index >= 15 is 0 Å². The Bertz CT molecular complexity index is 618. The first kappa shape index (κ1) is 17.1. The number of hydrogen-bond acceptors (Lipinski definition) is 3. The minimum absolute atomic E-state index is 0.0250. The summed E-state index contributed by atoms with van der Waals surface area (Å²) in [5.41, 5.74) is 0.844. The predicted molar refractivity (Wildman–Crippen MR) is 86.9 cm³/mol. The molecule has 0 bridgehead atoms. The summed E-state index contributed by atoms with van der Waals surface area (Å²) in [7, 11) is 1.33. The summed E-state index contributed by atoms with van der Waals surface area (Å²) >= 11 is 0. The highest BCUT2D eigenvalue weighted by Gasteiger charge is 2.47. The highest BCUT2D eigenvalue weighted by molar-refractivity contribution is 5.87. The molecule has 1 fully saturated rings. The third-order valence-electron chi connectivity index (χ3n) is 4.51. The van der Waals surface area contributed by atoms with E-state index in [9.17, 15) is 14.0 Å². The van der Waals surface area contributed by atoms with Crippen molar-refractivity contribution in [1.29, 1.82) is 0 Å². The number of rotatable bonds is 5. The fourth-order valence-electron chi connectivity index (χ4n) is 3.40. The summed E-state index contributed by atoms with van der Waals surface area (Å²) < 4.78 is 17.8. The van der Waals surface area contributed by atoms with Crippen LogP contribution in [0, 0.1) is 29.5 Å². The van der Waals surface area contributed by atoms with Gasteiger partial charge in [-0.1, -0.05) is 30.4 Å². The van der Waals surface area contributed by atoms with Crippen molar-refractivity contribution in [3.63, 3.8) is 0 Å². The van der Waals surface area contributed by atoms with Crippen molar-refractivity contribution in [3.05, 3.63) is 54.4 Å². The number of benzene rings is 1. The Hall–Kier alpha value is -2.23. The third-order valence-corrected chi connectivity index (χ3v) is 4.51. The molecule has 0 aromatic heterocycles. The van der Waals surface area contributed by atoms with Gasteiger partial charge in [-0.2, -0.15) is 0 Å². The van der Waals surface area contributed by atoms with Gasteiger partial charge in [-0.25, -0.2) is 4.39 Å². The minimum atomic E-state index is -0.503. The van der Waals surface area contributed by atoms with E-state index in [1.165, 1.54) is 26.2 Å². The fourth-order valence-corrected chi connectivity index (χ4v) is 3.40. The Labute approximate surface area is 135 Å². The molecule has 1 aliphatic rings. The number of Topliss-reactive ketones (excluding diaryl/α,β-unsaturated/α-hetero) is 1. The van der Waals surface area contributed by atoms with Gasteiger partial charge >= 0.3 is 5.97 Å². The van der Waals surface area contributed by atoms with Crippen LogP contribution in [0.4, 0.5) is 4.39 Å². The molecule has 0 spiro atoms. The Morgan fingerprint density at radius 1 is 1.22 bits per heavy atom. The quantitative estimate of drug-likeness (QED) is 0.615. The van der Waals surface area contributed by atoms with Gasteiger partial charge in [0.05, 0.1) is 13.0 Å². The molecule has 122 valence electrons. The van der Waals surface area contributed by atoms with Crippen molar-refractivity contribution in [1.82, 2.24) is 0 Å². The van der Waals surface area contributed by atoms with Crippen molar-refractivity contribution in [2.75, 3.05) is 7.11 Å². The molecule has 4 atom stereocenters. The normalized spacial score (nSPS) is 27.1. The average molecular weight is 316 g/mol. The van der Waals surface area contributed by atoms with Crippen molar-refractivity contribution in [2.45, 2.75) is 13.3 Å². The van der Waals surface area contributed by atoms with E-state index in [4.69, 9.17) is 4.74 Å². The monoisotopic (exact) mass is 316 g/mol. The average Bonchev–Trinajstić information content (AvgIpc) is 2.92. The Morgan fingerprint density at radius 3 is 2.39 bits per heavy atom. The molecule has 1 aromatic rings. The van der Waals surface area contributed by atoms with Crippen LogP contribution in [0.2, 0.25) is 0 Å². The number of allylic oxidation sites excluding steroid dienone is 2. The second kappa shape index (κ2) is 7.36. The van der Waals surface area contributed by atoms with E-state index in [1.54, 1.807) is 18.2 Å². The van der Waals surface area contributed by atoms with Gasteiger partial charge in [0, 0.05) is 5.92 Å². The first-order valence-corrected chi connectivity index (χ1v) is 7.62. The van der Waals surface area contributed by atoms with Crippen LogP contribution in [0.25, 0.3) is 6.08 Å². The maximum absolute atomic E-state index is 12.9. The number of esters is 1. The first-order valence-electron chi connectivity index (χ1n) is 7.62. The smallest absolute Gasteiger partial charge is 0.310 e. The van der Waals surface area contributed by atoms with Gasteiger partial charge in [0.2, 0.25) is 0 Å². The second-order valence-electron chi connectivity index (χ2n) is 5.90. The lowest BCUT2D eigenvalue weighted by atomic mass is 9.84. The predicted octanol–water partition coefficient (Wildman–Crippen LogP) is 3.66. The van der Waals surface area contributed by atoms with Gasteiger partial charge in [0.15, 0.2) is 0 Å². The lowest BCUT2D eigenvalue weighted by Gasteiger charge is -2.20. The van der Waals surface area contributed by atoms with Gasteiger partial charge < -0.3 is 4.74 Å². The zero-order chi connectivity index (χ0) is 17.0. The Kier molecular flexibility index (Phi) is 5.48. The number of carbonyl (C=O) groups is 2. The zero-order valence-corrected chi connectivity index (χ0v) is 13.4. The van der Waals surface area contributed by atoms with Crippen molar-refractivity contribution >= 4 is 17.8 Å². The number of ketones is 1. The van der Waals surface area contributed by atoms with Crippen LogP contribution < -0.4 is 0 Å². The molecule has 0 saturated heterocycles. The molecule has 0 aliphatic heterocycles. The molecule has 3 nitrogen and oxygen atoms in total. The van der Waals surface area contributed by atoms with E-state index in [2.05, 4.69) is 6.58 Å². The summed E-state index contributed by atoms with van der Waals surface area (Å²) in [5, 5.41) is 0. The van der Waals surface area contributed by atoms with Crippen LogP contribution in [0.5, 0.6) is 0 Å². The number of hydrogen-bond donors (Lipinski definition) is 0. The van der Waals surface area contributed by atoms with Crippen LogP contribution in [-0.2, 0) is 14.3 Å². The lowest BCUT2D eigenvalue weighted by Crippen LogP contribution is -2.31. The fraction of sp³-hybridized carbons (Fsp3) is 0.368. The summed E-state index contributed by atoms with van der Waals surface area (Å²) in [5.74, 6) is -1.74. The molecule has 1 saturated carbocycles. The minimum Gasteiger partial charge on any atom is -0.469 e. The number of methoxy groups -OCH3 is 1. The third kappa shape index (κ3) is 3.76. The molecular weight excluding hydrogens is 295 g/mol. The Balaban J connectivity index is 2.27. The topological polar surface area (TPSA) is 43.4 Å². The standard InChI is InChI=1S/C19H21FO3/c1-4-14-11-15(8-5-13-6-9-16(20)10-7-13)18(19(22)23-3)17(14)12(2)21/h4-10,14-15,17-18H,1,11H2,2-3H3/b8-5+/t14-,15+,17-,18+/m0/s1. The highest BCUT2D eigenvalue weighted by Crippen LogP contribution is 2.44. The zero-order valence-electron chi connectivity index (χ0n) is 13.4. The number of halogens is 1. The molecule has 0 unspecified atom stereocenters. The second-order valence-corrected chi connectivity index (χ2v) is 5.90. The van der Waals surface area contributed by atoms with Crippen molar-refractivity contribution in [2.24, 2.45) is 23.7 Å². The molecule has 0 N–H and O–H groups in total. The van der Waals surface area contributed by atoms with Crippen LogP contribution in [0.1, 0.15) is 18.9 Å². The van der Waals surface area contributed by atoms with Crippen LogP contribution in [0.15, 0.2) is 43.0 Å². The molecule has 1 aliphatic carbocycles. The number of carbonyl (C=O) groups excluding carboxylic acids is 2. The van der Waals surface area contributed by atoms with Gasteiger partial charge in [-0.3, -0.25) is 9.59 Å².